The molecule has 2 rings (SSSR count). The first-order valence-electron chi connectivity index (χ1n) is 5.22. The van der Waals surface area contributed by atoms with Crippen molar-refractivity contribution < 1.29 is 0 Å². The third-order valence-corrected chi connectivity index (χ3v) is 3.27. The Kier molecular flexibility index (Phi) is 2.22. The quantitative estimate of drug-likeness (QED) is 0.498. The number of nitrogens with zero attached hydrogens (tertiary/aromatic N) is 1. The Balaban J connectivity index is 2.22. The van der Waals surface area contributed by atoms with Crippen LogP contribution in [-0.4, -0.2) is 24.0 Å². The summed E-state index contributed by atoms with van der Waals surface area (Å²) in [5.74, 6) is 0.786. The van der Waals surface area contributed by atoms with E-state index in [0.29, 0.717) is 0 Å². The molecule has 0 spiro atoms. The van der Waals surface area contributed by atoms with Gasteiger partial charge in [0.05, 0.1) is 0 Å². The molecule has 2 aliphatic rings. The molecule has 0 amide bonds. The van der Waals surface area contributed by atoms with E-state index in [4.69, 9.17) is 0 Å². The Bertz CT molecular complexity index is 195. The van der Waals surface area contributed by atoms with E-state index >= 15 is 0 Å². The largest absolute Gasteiger partial charge is 0.296 e. The van der Waals surface area contributed by atoms with Gasteiger partial charge in [0, 0.05) is 12.6 Å². The smallest absolute Gasteiger partial charge is 0.0279 e. The van der Waals surface area contributed by atoms with Crippen LogP contribution in [0, 0.1) is 5.92 Å². The molecule has 12 heavy (non-hydrogen) atoms. The minimum atomic E-state index is 0.740. The van der Waals surface area contributed by atoms with E-state index in [-0.39, 0.29) is 0 Å². The maximum Gasteiger partial charge on any atom is 0.0279 e. The van der Waals surface area contributed by atoms with Gasteiger partial charge in [0.15, 0.2) is 0 Å². The van der Waals surface area contributed by atoms with Crippen LogP contribution in [-0.2, 0) is 0 Å². The van der Waals surface area contributed by atoms with Crippen molar-refractivity contribution in [2.24, 2.45) is 5.92 Å². The lowest BCUT2D eigenvalue weighted by Crippen LogP contribution is -2.40. The van der Waals surface area contributed by atoms with Crippen LogP contribution < -0.4 is 0 Å². The third kappa shape index (κ3) is 1.42. The Morgan fingerprint density at radius 2 is 2.17 bits per heavy atom. The zero-order chi connectivity index (χ0) is 8.55. The molecule has 1 saturated heterocycles. The van der Waals surface area contributed by atoms with Gasteiger partial charge in [0.1, 0.15) is 0 Å². The van der Waals surface area contributed by atoms with Crippen molar-refractivity contribution in [3.05, 3.63) is 11.6 Å². The molecule has 3 atom stereocenters. The molecule has 68 valence electrons. The Morgan fingerprint density at radius 1 is 1.33 bits per heavy atom. The van der Waals surface area contributed by atoms with Crippen LogP contribution in [0.3, 0.4) is 0 Å². The molecule has 0 radical (unpaired) electrons. The van der Waals surface area contributed by atoms with Gasteiger partial charge in [-0.2, -0.15) is 0 Å². The van der Waals surface area contributed by atoms with Crippen LogP contribution in [0.25, 0.3) is 0 Å². The van der Waals surface area contributed by atoms with E-state index in [0.717, 1.165) is 12.0 Å². The minimum Gasteiger partial charge on any atom is -0.296 e. The van der Waals surface area contributed by atoms with Crippen molar-refractivity contribution in [2.75, 3.05) is 13.1 Å². The molecule has 0 aromatic heterocycles. The second-order valence-electron chi connectivity index (χ2n) is 4.35. The topological polar surface area (TPSA) is 3.24 Å². The molecule has 0 aromatic rings. The fourth-order valence-corrected chi connectivity index (χ4v) is 2.54. The maximum atomic E-state index is 2.65. The van der Waals surface area contributed by atoms with Gasteiger partial charge < -0.3 is 0 Å². The predicted octanol–water partition coefficient (Wildman–Crippen LogP) is 2.44. The summed E-state index contributed by atoms with van der Waals surface area (Å²) in [5, 5.41) is 0. The molecule has 1 nitrogen and oxygen atoms in total. The first-order chi connectivity index (χ1) is 5.77. The SMILES string of the molecule is CC1C=C2CCCCN(C1)C2C. The van der Waals surface area contributed by atoms with Crippen LogP contribution in [0.4, 0.5) is 0 Å². The van der Waals surface area contributed by atoms with Crippen molar-refractivity contribution in [3.63, 3.8) is 0 Å². The van der Waals surface area contributed by atoms with E-state index in [1.54, 1.807) is 5.57 Å². The van der Waals surface area contributed by atoms with Crippen LogP contribution in [0.15, 0.2) is 11.6 Å². The summed E-state index contributed by atoms with van der Waals surface area (Å²) >= 11 is 0. The van der Waals surface area contributed by atoms with Crippen LogP contribution in [0.2, 0.25) is 0 Å². The van der Waals surface area contributed by atoms with Crippen molar-refractivity contribution in [3.8, 4) is 0 Å². The lowest BCUT2D eigenvalue weighted by atomic mass is 9.94. The minimum absolute atomic E-state index is 0.740. The highest BCUT2D eigenvalue weighted by atomic mass is 15.2. The van der Waals surface area contributed by atoms with Crippen molar-refractivity contribution in [1.29, 1.82) is 0 Å². The van der Waals surface area contributed by atoms with Gasteiger partial charge in [-0.15, -0.1) is 0 Å². The molecule has 3 unspecified atom stereocenters. The molecular formula is C11H19N. The lowest BCUT2D eigenvalue weighted by Gasteiger charge is -2.34. The highest BCUT2D eigenvalue weighted by molar-refractivity contribution is 5.16. The summed E-state index contributed by atoms with van der Waals surface area (Å²) in [6.07, 6.45) is 6.66. The van der Waals surface area contributed by atoms with Crippen LogP contribution in [0.5, 0.6) is 0 Å². The molecule has 0 aromatic carbocycles. The highest BCUT2D eigenvalue weighted by Crippen LogP contribution is 2.28. The summed E-state index contributed by atoms with van der Waals surface area (Å²) in [4.78, 5) is 2.65. The Morgan fingerprint density at radius 3 is 3.00 bits per heavy atom. The molecular weight excluding hydrogens is 146 g/mol. The zero-order valence-electron chi connectivity index (χ0n) is 8.21. The van der Waals surface area contributed by atoms with Gasteiger partial charge in [0.2, 0.25) is 0 Å². The molecule has 2 heterocycles. The highest BCUT2D eigenvalue weighted by Gasteiger charge is 2.25. The summed E-state index contributed by atoms with van der Waals surface area (Å²) in [5.41, 5.74) is 1.70. The summed E-state index contributed by atoms with van der Waals surface area (Å²) < 4.78 is 0. The number of hydrogen-bond acceptors (Lipinski definition) is 1. The molecule has 0 aliphatic carbocycles. The molecule has 2 bridgehead atoms. The van der Waals surface area contributed by atoms with Crippen LogP contribution in [0.1, 0.15) is 33.1 Å². The van der Waals surface area contributed by atoms with Gasteiger partial charge in [0.25, 0.3) is 0 Å². The Labute approximate surface area is 75.4 Å². The summed E-state index contributed by atoms with van der Waals surface area (Å²) in [6, 6.07) is 0.740. The summed E-state index contributed by atoms with van der Waals surface area (Å²) in [7, 11) is 0. The van der Waals surface area contributed by atoms with Crippen LogP contribution >= 0.6 is 0 Å². The Hall–Kier alpha value is -0.300. The van der Waals surface area contributed by atoms with E-state index in [2.05, 4.69) is 24.8 Å². The van der Waals surface area contributed by atoms with Crippen molar-refractivity contribution in [1.82, 2.24) is 4.90 Å². The van der Waals surface area contributed by atoms with E-state index in [9.17, 15) is 0 Å². The first-order valence-corrected chi connectivity index (χ1v) is 5.22. The zero-order valence-corrected chi connectivity index (χ0v) is 8.21. The van der Waals surface area contributed by atoms with Gasteiger partial charge in [-0.3, -0.25) is 4.90 Å². The molecule has 1 heteroatoms. The number of rotatable bonds is 0. The molecule has 1 fully saturated rings. The number of fused-ring (bicyclic) bond motifs is 2. The standard InChI is InChI=1S/C11H19N/c1-9-7-11-5-3-4-6-12(8-9)10(11)2/h7,9-10H,3-6,8H2,1-2H3. The normalized spacial score (nSPS) is 41.8. The fraction of sp³-hybridized carbons (Fsp3) is 0.818. The average Bonchev–Trinajstić information content (AvgIpc) is 2.19. The second-order valence-corrected chi connectivity index (χ2v) is 4.35. The predicted molar refractivity (Wildman–Crippen MR) is 52.1 cm³/mol. The maximum absolute atomic E-state index is 2.65. The number of hydrogen-bond donors (Lipinski definition) is 0. The first kappa shape index (κ1) is 8.31. The van der Waals surface area contributed by atoms with Gasteiger partial charge in [-0.1, -0.05) is 18.6 Å². The van der Waals surface area contributed by atoms with E-state index in [1.807, 2.05) is 0 Å². The van der Waals surface area contributed by atoms with Gasteiger partial charge in [-0.25, -0.2) is 0 Å². The monoisotopic (exact) mass is 165 g/mol. The van der Waals surface area contributed by atoms with Crippen molar-refractivity contribution >= 4 is 0 Å². The fourth-order valence-electron chi connectivity index (χ4n) is 2.54. The third-order valence-electron chi connectivity index (χ3n) is 3.27. The van der Waals surface area contributed by atoms with Gasteiger partial charge in [-0.05, 0) is 38.6 Å². The molecule has 2 aliphatic heterocycles. The lowest BCUT2D eigenvalue weighted by molar-refractivity contribution is 0.207. The average molecular weight is 165 g/mol. The molecule has 0 saturated carbocycles. The van der Waals surface area contributed by atoms with E-state index < -0.39 is 0 Å². The molecule has 0 N–H and O–H groups in total. The van der Waals surface area contributed by atoms with E-state index in [1.165, 1.54) is 32.4 Å². The van der Waals surface area contributed by atoms with Crippen molar-refractivity contribution in [2.45, 2.75) is 39.2 Å². The summed E-state index contributed by atoms with van der Waals surface area (Å²) in [6.45, 7) is 7.31. The second kappa shape index (κ2) is 3.21. The van der Waals surface area contributed by atoms with Gasteiger partial charge >= 0.3 is 0 Å².